The summed E-state index contributed by atoms with van der Waals surface area (Å²) in [6.07, 6.45) is 4.55. The highest BCUT2D eigenvalue weighted by Gasteiger charge is 2.26. The summed E-state index contributed by atoms with van der Waals surface area (Å²) in [6.45, 7) is 5.59. The van der Waals surface area contributed by atoms with Gasteiger partial charge in [-0.2, -0.15) is 4.31 Å². The highest BCUT2D eigenvalue weighted by Crippen LogP contribution is 2.21. The van der Waals surface area contributed by atoms with Gasteiger partial charge in [0.05, 0.1) is 11.0 Å². The minimum atomic E-state index is -3.55. The Labute approximate surface area is 185 Å². The summed E-state index contributed by atoms with van der Waals surface area (Å²) < 4.78 is 33.0. The Kier molecular flexibility index (Phi) is 8.09. The normalized spacial score (nSPS) is 15.1. The predicted octanol–water partition coefficient (Wildman–Crippen LogP) is 4.01. The van der Waals surface area contributed by atoms with E-state index in [1.165, 1.54) is 10.4 Å². The third kappa shape index (κ3) is 6.55. The van der Waals surface area contributed by atoms with E-state index < -0.39 is 10.0 Å². The fraction of sp³-hybridized carbons (Fsp3) is 0.458. The molecule has 0 saturated carbocycles. The first-order valence-electron chi connectivity index (χ1n) is 11.0. The maximum absolute atomic E-state index is 12.9. The van der Waals surface area contributed by atoms with E-state index in [1.54, 1.807) is 18.2 Å². The third-order valence-electron chi connectivity index (χ3n) is 5.25. The van der Waals surface area contributed by atoms with Gasteiger partial charge in [-0.25, -0.2) is 8.42 Å². The Morgan fingerprint density at radius 2 is 1.81 bits per heavy atom. The van der Waals surface area contributed by atoms with Gasteiger partial charge < -0.3 is 10.1 Å². The summed E-state index contributed by atoms with van der Waals surface area (Å²) in [4.78, 5) is 12.7. The van der Waals surface area contributed by atoms with Crippen LogP contribution in [0.15, 0.2) is 53.4 Å². The number of hydrogen-bond donors (Lipinski definition) is 1. The molecular formula is C24H32N2O4S. The number of carbonyl (C=O) groups excluding carboxylic acids is 1. The molecule has 0 atom stereocenters. The highest BCUT2D eigenvalue weighted by atomic mass is 32.2. The Morgan fingerprint density at radius 1 is 1.06 bits per heavy atom. The van der Waals surface area contributed by atoms with Crippen LogP contribution in [0.3, 0.4) is 0 Å². The molecule has 3 rings (SSSR count). The summed E-state index contributed by atoms with van der Waals surface area (Å²) in [6, 6.07) is 14.3. The van der Waals surface area contributed by atoms with Crippen LogP contribution in [-0.2, 0) is 16.4 Å². The first-order chi connectivity index (χ1) is 14.9. The molecular weight excluding hydrogens is 412 g/mol. The van der Waals surface area contributed by atoms with E-state index in [-0.39, 0.29) is 16.9 Å². The van der Waals surface area contributed by atoms with Crippen LogP contribution in [0.25, 0.3) is 0 Å². The molecule has 2 aromatic rings. The molecule has 168 valence electrons. The van der Waals surface area contributed by atoms with E-state index in [2.05, 4.69) is 5.32 Å². The van der Waals surface area contributed by atoms with Crippen LogP contribution in [0.1, 0.15) is 55.5 Å². The van der Waals surface area contributed by atoms with Crippen molar-refractivity contribution in [2.24, 2.45) is 0 Å². The zero-order chi connectivity index (χ0) is 22.3. The molecule has 1 aliphatic heterocycles. The van der Waals surface area contributed by atoms with Crippen LogP contribution in [0.4, 0.5) is 0 Å². The molecule has 7 heteroatoms. The molecule has 6 nitrogen and oxygen atoms in total. The number of amides is 1. The Morgan fingerprint density at radius 3 is 2.55 bits per heavy atom. The minimum Gasteiger partial charge on any atom is -0.491 e. The number of rotatable bonds is 9. The zero-order valence-electron chi connectivity index (χ0n) is 18.3. The van der Waals surface area contributed by atoms with Crippen LogP contribution >= 0.6 is 0 Å². The second-order valence-corrected chi connectivity index (χ2v) is 10.1. The number of ether oxygens (including phenoxy) is 1. The van der Waals surface area contributed by atoms with Crippen LogP contribution in [0.5, 0.6) is 5.75 Å². The first kappa shape index (κ1) is 23.3. The quantitative estimate of drug-likeness (QED) is 0.593. The maximum Gasteiger partial charge on any atom is 0.251 e. The first-order valence-corrected chi connectivity index (χ1v) is 12.4. The van der Waals surface area contributed by atoms with Crippen molar-refractivity contribution in [3.8, 4) is 5.75 Å². The smallest absolute Gasteiger partial charge is 0.251 e. The van der Waals surface area contributed by atoms with Gasteiger partial charge in [0.2, 0.25) is 10.0 Å². The molecule has 0 spiro atoms. The number of carbonyl (C=O) groups is 1. The molecule has 0 aliphatic carbocycles. The largest absolute Gasteiger partial charge is 0.491 e. The molecule has 1 saturated heterocycles. The monoisotopic (exact) mass is 444 g/mol. The van der Waals surface area contributed by atoms with Gasteiger partial charge in [0, 0.05) is 25.2 Å². The van der Waals surface area contributed by atoms with Crippen molar-refractivity contribution in [1.82, 2.24) is 9.62 Å². The molecule has 1 aliphatic rings. The van der Waals surface area contributed by atoms with Gasteiger partial charge in [0.1, 0.15) is 5.75 Å². The summed E-state index contributed by atoms with van der Waals surface area (Å²) in [7, 11) is -3.55. The van der Waals surface area contributed by atoms with Gasteiger partial charge in [-0.1, -0.05) is 24.6 Å². The Balaban J connectivity index is 1.54. The van der Waals surface area contributed by atoms with Crippen molar-refractivity contribution >= 4 is 15.9 Å². The minimum absolute atomic E-state index is 0.129. The molecule has 0 bridgehead atoms. The van der Waals surface area contributed by atoms with Crippen LogP contribution in [0, 0.1) is 0 Å². The van der Waals surface area contributed by atoms with Gasteiger partial charge in [0.25, 0.3) is 5.91 Å². The van der Waals surface area contributed by atoms with Crippen LogP contribution in [-0.4, -0.2) is 44.4 Å². The number of nitrogens with one attached hydrogen (secondary N) is 1. The van der Waals surface area contributed by atoms with Crippen molar-refractivity contribution in [2.45, 2.75) is 57.0 Å². The summed E-state index contributed by atoms with van der Waals surface area (Å²) in [5, 5.41) is 2.90. The van der Waals surface area contributed by atoms with E-state index in [0.717, 1.165) is 43.4 Å². The van der Waals surface area contributed by atoms with E-state index in [4.69, 9.17) is 4.74 Å². The van der Waals surface area contributed by atoms with Crippen molar-refractivity contribution < 1.29 is 17.9 Å². The number of aryl methyl sites for hydroxylation is 1. The zero-order valence-corrected chi connectivity index (χ0v) is 19.2. The SMILES string of the molecule is CC(C)Oc1cccc(CCCNC(=O)c2cccc(S(=O)(=O)N3CCCCC3)c2)c1. The summed E-state index contributed by atoms with van der Waals surface area (Å²) in [5.41, 5.74) is 1.52. The fourth-order valence-corrected chi connectivity index (χ4v) is 5.26. The van der Waals surface area contributed by atoms with Gasteiger partial charge in [-0.15, -0.1) is 0 Å². The van der Waals surface area contributed by atoms with Gasteiger partial charge in [-0.05, 0) is 75.4 Å². The summed E-state index contributed by atoms with van der Waals surface area (Å²) in [5.74, 6) is 0.593. The number of hydrogen-bond acceptors (Lipinski definition) is 4. The molecule has 1 N–H and O–H groups in total. The molecule has 1 amide bonds. The van der Waals surface area contributed by atoms with E-state index >= 15 is 0 Å². The average Bonchev–Trinajstić information content (AvgIpc) is 2.77. The van der Waals surface area contributed by atoms with E-state index in [9.17, 15) is 13.2 Å². The molecule has 1 heterocycles. The Bertz CT molecular complexity index is 983. The van der Waals surface area contributed by atoms with Crippen molar-refractivity contribution in [3.05, 3.63) is 59.7 Å². The molecule has 1 fully saturated rings. The number of piperidine rings is 1. The maximum atomic E-state index is 12.9. The summed E-state index contributed by atoms with van der Waals surface area (Å²) >= 11 is 0. The second-order valence-electron chi connectivity index (χ2n) is 8.17. The lowest BCUT2D eigenvalue weighted by Crippen LogP contribution is -2.35. The second kappa shape index (κ2) is 10.8. The van der Waals surface area contributed by atoms with Gasteiger partial charge in [0.15, 0.2) is 0 Å². The molecule has 31 heavy (non-hydrogen) atoms. The number of nitrogens with zero attached hydrogens (tertiary/aromatic N) is 1. The van der Waals surface area contributed by atoms with E-state index in [1.807, 2.05) is 38.1 Å². The highest BCUT2D eigenvalue weighted by molar-refractivity contribution is 7.89. The van der Waals surface area contributed by atoms with Crippen LogP contribution < -0.4 is 10.1 Å². The van der Waals surface area contributed by atoms with Crippen molar-refractivity contribution in [1.29, 1.82) is 0 Å². The third-order valence-corrected chi connectivity index (χ3v) is 7.14. The standard InChI is InChI=1S/C24H32N2O4S/c1-19(2)30-22-12-6-9-20(17-22)10-8-14-25-24(27)21-11-7-13-23(18-21)31(28,29)26-15-4-3-5-16-26/h6-7,9,11-13,17-19H,3-5,8,10,14-16H2,1-2H3,(H,25,27). The van der Waals surface area contributed by atoms with E-state index in [0.29, 0.717) is 25.2 Å². The topological polar surface area (TPSA) is 75.7 Å². The lowest BCUT2D eigenvalue weighted by atomic mass is 10.1. The van der Waals surface area contributed by atoms with Crippen LogP contribution in [0.2, 0.25) is 0 Å². The van der Waals surface area contributed by atoms with Crippen molar-refractivity contribution in [2.75, 3.05) is 19.6 Å². The average molecular weight is 445 g/mol. The predicted molar refractivity (Wildman–Crippen MR) is 122 cm³/mol. The number of sulfonamides is 1. The van der Waals surface area contributed by atoms with Gasteiger partial charge in [-0.3, -0.25) is 4.79 Å². The lowest BCUT2D eigenvalue weighted by Gasteiger charge is -2.26. The number of benzene rings is 2. The van der Waals surface area contributed by atoms with Gasteiger partial charge >= 0.3 is 0 Å². The molecule has 0 aromatic heterocycles. The molecule has 2 aromatic carbocycles. The van der Waals surface area contributed by atoms with Crippen molar-refractivity contribution in [3.63, 3.8) is 0 Å². The Hall–Kier alpha value is -2.38. The molecule has 0 radical (unpaired) electrons. The fourth-order valence-electron chi connectivity index (χ4n) is 3.70. The lowest BCUT2D eigenvalue weighted by molar-refractivity contribution is 0.0953. The molecule has 0 unspecified atom stereocenters.